The van der Waals surface area contributed by atoms with Crippen molar-refractivity contribution in [3.63, 3.8) is 0 Å². The minimum atomic E-state index is -3.47. The van der Waals surface area contributed by atoms with Crippen LogP contribution in [0, 0.1) is 5.82 Å². The Labute approximate surface area is 174 Å². The molecule has 0 atom stereocenters. The van der Waals surface area contributed by atoms with Crippen LogP contribution in [0.15, 0.2) is 61.1 Å². The van der Waals surface area contributed by atoms with E-state index in [0.717, 1.165) is 5.82 Å². The third-order valence-corrected chi connectivity index (χ3v) is 6.64. The van der Waals surface area contributed by atoms with Gasteiger partial charge in [0.15, 0.2) is 0 Å². The van der Waals surface area contributed by atoms with E-state index in [1.165, 1.54) is 34.9 Å². The fourth-order valence-electron chi connectivity index (χ4n) is 3.23. The van der Waals surface area contributed by atoms with E-state index in [-0.39, 0.29) is 11.6 Å². The van der Waals surface area contributed by atoms with Crippen LogP contribution in [0.2, 0.25) is 0 Å². The van der Waals surface area contributed by atoms with E-state index >= 15 is 0 Å². The molecule has 1 aromatic carbocycles. The van der Waals surface area contributed by atoms with Gasteiger partial charge in [-0.2, -0.15) is 4.31 Å². The standard InChI is InChI=1S/C20H21FN6O2S/c21-17-6-4-16(5-7-17)14-30(28,29)27-11-9-26(10-12-27)20-13-19(23-15-24-20)25-18-3-1-2-8-22-18/h1-8,13,15H,9-12,14H2,(H,22,23,24,25). The average molecular weight is 428 g/mol. The highest BCUT2D eigenvalue weighted by molar-refractivity contribution is 7.88. The van der Waals surface area contributed by atoms with E-state index in [0.29, 0.717) is 43.4 Å². The van der Waals surface area contributed by atoms with Gasteiger partial charge in [0, 0.05) is 38.4 Å². The molecule has 0 unspecified atom stereocenters. The van der Waals surface area contributed by atoms with Crippen LogP contribution < -0.4 is 10.2 Å². The van der Waals surface area contributed by atoms with Crippen molar-refractivity contribution in [2.24, 2.45) is 0 Å². The minimum Gasteiger partial charge on any atom is -0.354 e. The normalized spacial score (nSPS) is 15.2. The quantitative estimate of drug-likeness (QED) is 0.645. The van der Waals surface area contributed by atoms with Gasteiger partial charge in [-0.3, -0.25) is 0 Å². The summed E-state index contributed by atoms with van der Waals surface area (Å²) in [6.45, 7) is 1.75. The molecule has 4 rings (SSSR count). The first-order valence-corrected chi connectivity index (χ1v) is 11.1. The monoisotopic (exact) mass is 428 g/mol. The molecule has 10 heteroatoms. The second-order valence-corrected chi connectivity index (χ2v) is 8.84. The third-order valence-electron chi connectivity index (χ3n) is 4.79. The molecule has 30 heavy (non-hydrogen) atoms. The number of aromatic nitrogens is 3. The highest BCUT2D eigenvalue weighted by atomic mass is 32.2. The van der Waals surface area contributed by atoms with Gasteiger partial charge in [0.1, 0.15) is 29.6 Å². The molecule has 3 aromatic rings. The van der Waals surface area contributed by atoms with Gasteiger partial charge < -0.3 is 10.2 Å². The maximum Gasteiger partial charge on any atom is 0.218 e. The molecule has 0 saturated carbocycles. The Kier molecular flexibility index (Phi) is 5.86. The van der Waals surface area contributed by atoms with Gasteiger partial charge in [0.05, 0.1) is 5.75 Å². The van der Waals surface area contributed by atoms with Crippen LogP contribution in [0.4, 0.5) is 21.8 Å². The van der Waals surface area contributed by atoms with Gasteiger partial charge in [-0.15, -0.1) is 0 Å². The second kappa shape index (κ2) is 8.72. The molecule has 0 radical (unpaired) electrons. The molecule has 1 N–H and O–H groups in total. The smallest absolute Gasteiger partial charge is 0.218 e. The van der Waals surface area contributed by atoms with Crippen LogP contribution in [0.3, 0.4) is 0 Å². The Bertz CT molecular complexity index is 1090. The van der Waals surface area contributed by atoms with Crippen LogP contribution in [0.1, 0.15) is 5.56 Å². The van der Waals surface area contributed by atoms with E-state index in [9.17, 15) is 12.8 Å². The van der Waals surface area contributed by atoms with Gasteiger partial charge in [-0.1, -0.05) is 18.2 Å². The van der Waals surface area contributed by atoms with E-state index in [1.54, 1.807) is 6.20 Å². The summed E-state index contributed by atoms with van der Waals surface area (Å²) < 4.78 is 39.9. The Morgan fingerprint density at radius 2 is 1.70 bits per heavy atom. The first kappa shape index (κ1) is 20.2. The zero-order valence-electron chi connectivity index (χ0n) is 16.1. The van der Waals surface area contributed by atoms with Crippen molar-refractivity contribution in [3.05, 3.63) is 72.4 Å². The van der Waals surface area contributed by atoms with Crippen LogP contribution >= 0.6 is 0 Å². The molecule has 1 fully saturated rings. The minimum absolute atomic E-state index is 0.140. The molecule has 1 aliphatic rings. The Morgan fingerprint density at radius 1 is 0.933 bits per heavy atom. The molecule has 8 nitrogen and oxygen atoms in total. The zero-order valence-corrected chi connectivity index (χ0v) is 17.0. The van der Waals surface area contributed by atoms with Crippen molar-refractivity contribution in [2.75, 3.05) is 36.4 Å². The summed E-state index contributed by atoms with van der Waals surface area (Å²) in [5.41, 5.74) is 0.569. The van der Waals surface area contributed by atoms with E-state index in [2.05, 4.69) is 20.3 Å². The number of benzene rings is 1. The lowest BCUT2D eigenvalue weighted by molar-refractivity contribution is 0.383. The first-order chi connectivity index (χ1) is 14.5. The highest BCUT2D eigenvalue weighted by Gasteiger charge is 2.27. The van der Waals surface area contributed by atoms with Crippen molar-refractivity contribution in [3.8, 4) is 0 Å². The number of sulfonamides is 1. The lowest BCUT2D eigenvalue weighted by Gasteiger charge is -2.34. The molecule has 156 valence electrons. The van der Waals surface area contributed by atoms with Crippen molar-refractivity contribution in [1.29, 1.82) is 0 Å². The molecule has 0 bridgehead atoms. The van der Waals surface area contributed by atoms with E-state index in [4.69, 9.17) is 0 Å². The number of rotatable bonds is 6. The predicted molar refractivity (Wildman–Crippen MR) is 112 cm³/mol. The number of nitrogens with one attached hydrogen (secondary N) is 1. The van der Waals surface area contributed by atoms with Gasteiger partial charge in [0.2, 0.25) is 10.0 Å². The summed E-state index contributed by atoms with van der Waals surface area (Å²) in [7, 11) is -3.47. The number of hydrogen-bond acceptors (Lipinski definition) is 7. The lowest BCUT2D eigenvalue weighted by atomic mass is 10.2. The van der Waals surface area contributed by atoms with Crippen LogP contribution in [-0.2, 0) is 15.8 Å². The van der Waals surface area contributed by atoms with Gasteiger partial charge in [-0.25, -0.2) is 27.8 Å². The number of halogens is 1. The summed E-state index contributed by atoms with van der Waals surface area (Å²) in [5, 5.41) is 3.13. The molecule has 0 amide bonds. The van der Waals surface area contributed by atoms with E-state index < -0.39 is 10.0 Å². The number of anilines is 3. The number of hydrogen-bond donors (Lipinski definition) is 1. The number of pyridine rings is 1. The largest absolute Gasteiger partial charge is 0.354 e. The summed E-state index contributed by atoms with van der Waals surface area (Å²) in [6.07, 6.45) is 3.16. The summed E-state index contributed by atoms with van der Waals surface area (Å²) in [5.74, 6) is 1.49. The first-order valence-electron chi connectivity index (χ1n) is 9.47. The Balaban J connectivity index is 1.38. The van der Waals surface area contributed by atoms with Crippen molar-refractivity contribution >= 4 is 27.5 Å². The van der Waals surface area contributed by atoms with Crippen LogP contribution in [-0.4, -0.2) is 53.9 Å². The molecule has 2 aromatic heterocycles. The second-order valence-electron chi connectivity index (χ2n) is 6.87. The molecule has 1 aliphatic heterocycles. The topological polar surface area (TPSA) is 91.3 Å². The van der Waals surface area contributed by atoms with Crippen LogP contribution in [0.5, 0.6) is 0 Å². The zero-order chi connectivity index (χ0) is 21.0. The summed E-state index contributed by atoms with van der Waals surface area (Å²) in [4.78, 5) is 14.8. The van der Waals surface area contributed by atoms with Crippen molar-refractivity contribution < 1.29 is 12.8 Å². The molecular formula is C20H21FN6O2S. The fourth-order valence-corrected chi connectivity index (χ4v) is 4.75. The predicted octanol–water partition coefficient (Wildman–Crippen LogP) is 2.41. The fraction of sp³-hybridized carbons (Fsp3) is 0.250. The van der Waals surface area contributed by atoms with Crippen molar-refractivity contribution in [1.82, 2.24) is 19.3 Å². The Morgan fingerprint density at radius 3 is 2.40 bits per heavy atom. The maximum atomic E-state index is 13.0. The summed E-state index contributed by atoms with van der Waals surface area (Å²) >= 11 is 0. The lowest BCUT2D eigenvalue weighted by Crippen LogP contribution is -2.49. The Hall–Kier alpha value is -3.11. The van der Waals surface area contributed by atoms with E-state index in [1.807, 2.05) is 29.2 Å². The molecule has 3 heterocycles. The number of nitrogens with zero attached hydrogens (tertiary/aromatic N) is 5. The SMILES string of the molecule is O=S(=O)(Cc1ccc(F)cc1)N1CCN(c2cc(Nc3ccccn3)ncn2)CC1. The molecular weight excluding hydrogens is 407 g/mol. The number of piperazine rings is 1. The molecule has 1 saturated heterocycles. The van der Waals surface area contributed by atoms with Crippen molar-refractivity contribution in [2.45, 2.75) is 5.75 Å². The van der Waals surface area contributed by atoms with Gasteiger partial charge in [-0.05, 0) is 29.8 Å². The average Bonchev–Trinajstić information content (AvgIpc) is 2.76. The van der Waals surface area contributed by atoms with Crippen LogP contribution in [0.25, 0.3) is 0 Å². The molecule has 0 aliphatic carbocycles. The van der Waals surface area contributed by atoms with Gasteiger partial charge >= 0.3 is 0 Å². The van der Waals surface area contributed by atoms with Gasteiger partial charge in [0.25, 0.3) is 0 Å². The highest BCUT2D eigenvalue weighted by Crippen LogP contribution is 2.20. The third kappa shape index (κ3) is 4.89. The maximum absolute atomic E-state index is 13.0. The summed E-state index contributed by atoms with van der Waals surface area (Å²) in [6, 6.07) is 12.9. The molecule has 0 spiro atoms.